The molecule has 3 aromatic carbocycles. The Kier molecular flexibility index (Phi) is 7.91. The van der Waals surface area contributed by atoms with Crippen molar-refractivity contribution in [1.82, 2.24) is 5.43 Å². The number of nitrogens with one attached hydrogen (secondary N) is 2. The number of nitrogens with zero attached hydrogens (tertiary/aromatic N) is 1. The Morgan fingerprint density at radius 3 is 2.21 bits per heavy atom. The van der Waals surface area contributed by atoms with Gasteiger partial charge in [-0.2, -0.15) is 18.3 Å². The summed E-state index contributed by atoms with van der Waals surface area (Å²) in [4.78, 5) is 23.9. The molecule has 0 aromatic heterocycles. The molecular formula is C24H19ClF3N3O3. The van der Waals surface area contributed by atoms with Crippen molar-refractivity contribution in [2.75, 3.05) is 5.32 Å². The van der Waals surface area contributed by atoms with Gasteiger partial charge < -0.3 is 10.1 Å². The Morgan fingerprint density at radius 1 is 0.941 bits per heavy atom. The van der Waals surface area contributed by atoms with Gasteiger partial charge in [-0.15, -0.1) is 0 Å². The highest BCUT2D eigenvalue weighted by Crippen LogP contribution is 2.29. The molecule has 0 aliphatic heterocycles. The number of carbonyl (C=O) groups is 2. The van der Waals surface area contributed by atoms with E-state index in [2.05, 4.69) is 15.8 Å². The first-order valence-corrected chi connectivity index (χ1v) is 10.3. The van der Waals surface area contributed by atoms with Gasteiger partial charge in [0.15, 0.2) is 0 Å². The summed E-state index contributed by atoms with van der Waals surface area (Å²) in [5.41, 5.74) is 3.24. The molecule has 2 N–H and O–H groups in total. The van der Waals surface area contributed by atoms with E-state index in [4.69, 9.17) is 16.3 Å². The van der Waals surface area contributed by atoms with E-state index < -0.39 is 23.6 Å². The molecule has 3 aromatic rings. The van der Waals surface area contributed by atoms with Crippen LogP contribution in [0.5, 0.6) is 5.75 Å². The Morgan fingerprint density at radius 2 is 1.59 bits per heavy atom. The standard InChI is InChI=1S/C24H19ClF3N3O3/c1-15(16-6-12-20(13-7-16)34-14-17-4-2-3-5-21(17)25)30-31-23(33)22(32)29-19-10-8-18(9-11-19)24(26,27)28/h2-13H,14H2,1H3,(H,29,32)(H,31,33)/b30-15+. The number of hydrogen-bond acceptors (Lipinski definition) is 4. The smallest absolute Gasteiger partial charge is 0.416 e. The van der Waals surface area contributed by atoms with Crippen molar-refractivity contribution >= 4 is 34.8 Å². The zero-order valence-corrected chi connectivity index (χ0v) is 18.6. The van der Waals surface area contributed by atoms with Crippen molar-refractivity contribution in [2.45, 2.75) is 19.7 Å². The summed E-state index contributed by atoms with van der Waals surface area (Å²) in [5.74, 6) is -1.53. The van der Waals surface area contributed by atoms with E-state index in [0.29, 0.717) is 28.7 Å². The van der Waals surface area contributed by atoms with E-state index in [1.165, 1.54) is 0 Å². The molecule has 0 fully saturated rings. The molecule has 0 unspecified atom stereocenters. The summed E-state index contributed by atoms with van der Waals surface area (Å²) in [5, 5.41) is 6.71. The van der Waals surface area contributed by atoms with Gasteiger partial charge in [0, 0.05) is 16.3 Å². The molecule has 10 heteroatoms. The maximum atomic E-state index is 12.6. The molecule has 3 rings (SSSR count). The predicted molar refractivity (Wildman–Crippen MR) is 123 cm³/mol. The maximum Gasteiger partial charge on any atom is 0.416 e. The van der Waals surface area contributed by atoms with Gasteiger partial charge in [-0.25, -0.2) is 5.43 Å². The number of halogens is 4. The predicted octanol–water partition coefficient (Wildman–Crippen LogP) is 5.42. The van der Waals surface area contributed by atoms with Crippen LogP contribution in [0.25, 0.3) is 0 Å². The van der Waals surface area contributed by atoms with Crippen LogP contribution in [0.3, 0.4) is 0 Å². The van der Waals surface area contributed by atoms with Crippen LogP contribution in [0, 0.1) is 0 Å². The second kappa shape index (κ2) is 10.8. The molecule has 2 amide bonds. The molecule has 0 bridgehead atoms. The highest BCUT2D eigenvalue weighted by molar-refractivity contribution is 6.39. The van der Waals surface area contributed by atoms with Crippen molar-refractivity contribution in [3.63, 3.8) is 0 Å². The second-order valence-electron chi connectivity index (χ2n) is 7.07. The van der Waals surface area contributed by atoms with Crippen molar-refractivity contribution in [2.24, 2.45) is 5.10 Å². The van der Waals surface area contributed by atoms with Crippen LogP contribution in [-0.2, 0) is 22.4 Å². The molecule has 0 aliphatic carbocycles. The van der Waals surface area contributed by atoms with Crippen LogP contribution in [-0.4, -0.2) is 17.5 Å². The van der Waals surface area contributed by atoms with Gasteiger partial charge in [0.25, 0.3) is 0 Å². The summed E-state index contributed by atoms with van der Waals surface area (Å²) in [6, 6.07) is 18.0. The van der Waals surface area contributed by atoms with Gasteiger partial charge in [0.1, 0.15) is 12.4 Å². The molecule has 0 heterocycles. The lowest BCUT2D eigenvalue weighted by Gasteiger charge is -2.09. The van der Waals surface area contributed by atoms with Gasteiger partial charge in [-0.05, 0) is 67.1 Å². The number of anilines is 1. The number of alkyl halides is 3. The fraction of sp³-hybridized carbons (Fsp3) is 0.125. The number of carbonyl (C=O) groups excluding carboxylic acids is 2. The number of benzene rings is 3. The number of amides is 2. The van der Waals surface area contributed by atoms with Gasteiger partial charge in [-0.1, -0.05) is 29.8 Å². The highest BCUT2D eigenvalue weighted by Gasteiger charge is 2.30. The fourth-order valence-corrected chi connectivity index (χ4v) is 2.94. The van der Waals surface area contributed by atoms with Crippen molar-refractivity contribution in [3.8, 4) is 5.75 Å². The zero-order valence-electron chi connectivity index (χ0n) is 17.8. The largest absolute Gasteiger partial charge is 0.489 e. The number of hydrogen-bond donors (Lipinski definition) is 2. The molecule has 34 heavy (non-hydrogen) atoms. The Bertz CT molecular complexity index is 1190. The first kappa shape index (κ1) is 24.8. The van der Waals surface area contributed by atoms with E-state index in [-0.39, 0.29) is 5.69 Å². The minimum atomic E-state index is -4.49. The third-order valence-electron chi connectivity index (χ3n) is 4.63. The molecule has 6 nitrogen and oxygen atoms in total. The number of rotatable bonds is 6. The topological polar surface area (TPSA) is 79.8 Å². The van der Waals surface area contributed by atoms with Crippen molar-refractivity contribution in [3.05, 3.63) is 94.5 Å². The van der Waals surface area contributed by atoms with E-state index in [0.717, 1.165) is 29.8 Å². The third kappa shape index (κ3) is 6.82. The Labute approximate surface area is 198 Å². The summed E-state index contributed by atoms with van der Waals surface area (Å²) in [7, 11) is 0. The van der Waals surface area contributed by atoms with Gasteiger partial charge >= 0.3 is 18.0 Å². The molecule has 0 radical (unpaired) electrons. The van der Waals surface area contributed by atoms with Crippen LogP contribution in [0.1, 0.15) is 23.6 Å². The average Bonchev–Trinajstić information content (AvgIpc) is 2.82. The van der Waals surface area contributed by atoms with Crippen LogP contribution < -0.4 is 15.5 Å². The van der Waals surface area contributed by atoms with Crippen LogP contribution in [0.4, 0.5) is 18.9 Å². The Hall–Kier alpha value is -3.85. The van der Waals surface area contributed by atoms with E-state index in [9.17, 15) is 22.8 Å². The summed E-state index contributed by atoms with van der Waals surface area (Å²) in [6.07, 6.45) is -4.49. The first-order chi connectivity index (χ1) is 16.1. The summed E-state index contributed by atoms with van der Waals surface area (Å²) < 4.78 is 43.5. The fourth-order valence-electron chi connectivity index (χ4n) is 2.75. The quantitative estimate of drug-likeness (QED) is 0.276. The van der Waals surface area contributed by atoms with Crippen LogP contribution >= 0.6 is 11.6 Å². The van der Waals surface area contributed by atoms with E-state index >= 15 is 0 Å². The van der Waals surface area contributed by atoms with Crippen molar-refractivity contribution in [1.29, 1.82) is 0 Å². The minimum absolute atomic E-state index is 0.0428. The third-order valence-corrected chi connectivity index (χ3v) is 4.99. The lowest BCUT2D eigenvalue weighted by molar-refractivity contribution is -0.137. The molecule has 0 spiro atoms. The zero-order chi connectivity index (χ0) is 24.7. The summed E-state index contributed by atoms with van der Waals surface area (Å²) in [6.45, 7) is 1.93. The second-order valence-corrected chi connectivity index (χ2v) is 7.48. The van der Waals surface area contributed by atoms with E-state index in [1.807, 2.05) is 18.2 Å². The normalized spacial score (nSPS) is 11.6. The van der Waals surface area contributed by atoms with Gasteiger partial charge in [-0.3, -0.25) is 9.59 Å². The average molecular weight is 490 g/mol. The molecule has 176 valence electrons. The van der Waals surface area contributed by atoms with Crippen molar-refractivity contribution < 1.29 is 27.5 Å². The number of hydrazone groups is 1. The maximum absolute atomic E-state index is 12.6. The SMILES string of the molecule is C/C(=N\NC(=O)C(=O)Nc1ccc(C(F)(F)F)cc1)c1ccc(OCc2ccccc2Cl)cc1. The molecule has 0 aliphatic rings. The first-order valence-electron chi connectivity index (χ1n) is 9.93. The summed E-state index contributed by atoms with van der Waals surface area (Å²) >= 11 is 6.11. The molecular weight excluding hydrogens is 471 g/mol. The molecule has 0 saturated carbocycles. The van der Waals surface area contributed by atoms with E-state index in [1.54, 1.807) is 37.3 Å². The monoisotopic (exact) mass is 489 g/mol. The van der Waals surface area contributed by atoms with Gasteiger partial charge in [0.05, 0.1) is 11.3 Å². The number of ether oxygens (including phenoxy) is 1. The lowest BCUT2D eigenvalue weighted by atomic mass is 10.1. The van der Waals surface area contributed by atoms with Gasteiger partial charge in [0.2, 0.25) is 0 Å². The Balaban J connectivity index is 1.53. The lowest BCUT2D eigenvalue weighted by Crippen LogP contribution is -2.32. The molecule has 0 atom stereocenters. The van der Waals surface area contributed by atoms with Crippen LogP contribution in [0.15, 0.2) is 77.9 Å². The highest BCUT2D eigenvalue weighted by atomic mass is 35.5. The van der Waals surface area contributed by atoms with Crippen LogP contribution in [0.2, 0.25) is 5.02 Å². The minimum Gasteiger partial charge on any atom is -0.489 e. The molecule has 0 saturated heterocycles.